The van der Waals surface area contributed by atoms with Gasteiger partial charge in [0.05, 0.1) is 6.54 Å². The predicted octanol–water partition coefficient (Wildman–Crippen LogP) is 2.69. The average molecular weight is 395 g/mol. The minimum atomic E-state index is -1.06. The number of nitrogens with one attached hydrogen (secondary N) is 4. The maximum absolute atomic E-state index is 12.1. The number of carbonyl (C=O) groups excluding carboxylic acids is 2. The maximum Gasteiger partial charge on any atom is 0.352 e. The third-order valence-corrected chi connectivity index (χ3v) is 4.19. The molecule has 3 rings (SSSR count). The van der Waals surface area contributed by atoms with Gasteiger partial charge in [-0.3, -0.25) is 4.79 Å². The zero-order valence-corrected chi connectivity index (χ0v) is 15.9. The highest BCUT2D eigenvalue weighted by Crippen LogP contribution is 2.20. The monoisotopic (exact) mass is 395 g/mol. The largest absolute Gasteiger partial charge is 0.477 e. The Kier molecular flexibility index (Phi) is 5.68. The van der Waals surface area contributed by atoms with E-state index in [4.69, 9.17) is 5.11 Å². The number of hydrogen-bond acceptors (Lipinski definition) is 4. The molecule has 0 atom stereocenters. The van der Waals surface area contributed by atoms with E-state index in [-0.39, 0.29) is 12.2 Å². The van der Waals surface area contributed by atoms with E-state index < -0.39 is 17.9 Å². The number of fused-ring (bicyclic) bond motifs is 1. The molecule has 150 valence electrons. The highest BCUT2D eigenvalue weighted by Gasteiger charge is 2.10. The van der Waals surface area contributed by atoms with Crippen LogP contribution >= 0.6 is 0 Å². The number of carboxylic acid groups (broad SMARTS) is 1. The van der Waals surface area contributed by atoms with Gasteiger partial charge in [-0.2, -0.15) is 0 Å². The molecule has 0 radical (unpaired) electrons. The highest BCUT2D eigenvalue weighted by atomic mass is 16.4. The molecule has 1 aromatic heterocycles. The van der Waals surface area contributed by atoms with Crippen LogP contribution in [0.1, 0.15) is 10.5 Å². The standard InChI is InChI=1S/C20H21N5O4/c1-25(2)15-6-3-13(4-7-15)23-20(29)21-11-18(26)22-14-5-8-16-12(9-14)10-17(24-16)19(27)28/h3-10,24H,11H2,1-2H3,(H,22,26)(H,27,28)(H2,21,23,29). The molecule has 2 aromatic carbocycles. The lowest BCUT2D eigenvalue weighted by Gasteiger charge is -2.13. The molecule has 0 aliphatic rings. The van der Waals surface area contributed by atoms with Crippen molar-refractivity contribution in [1.29, 1.82) is 0 Å². The second kappa shape index (κ2) is 8.34. The van der Waals surface area contributed by atoms with E-state index in [1.54, 1.807) is 30.3 Å². The average Bonchev–Trinajstić information content (AvgIpc) is 3.10. The van der Waals surface area contributed by atoms with E-state index in [1.807, 2.05) is 31.1 Å². The molecular weight excluding hydrogens is 374 g/mol. The summed E-state index contributed by atoms with van der Waals surface area (Å²) in [7, 11) is 3.85. The predicted molar refractivity (Wildman–Crippen MR) is 112 cm³/mol. The molecule has 29 heavy (non-hydrogen) atoms. The molecule has 0 spiro atoms. The van der Waals surface area contributed by atoms with Gasteiger partial charge in [-0.15, -0.1) is 0 Å². The van der Waals surface area contributed by atoms with Gasteiger partial charge in [0.2, 0.25) is 5.91 Å². The quantitative estimate of drug-likeness (QED) is 0.439. The Hall–Kier alpha value is -4.01. The summed E-state index contributed by atoms with van der Waals surface area (Å²) in [6.07, 6.45) is 0. The number of amides is 3. The van der Waals surface area contributed by atoms with Crippen LogP contribution in [0, 0.1) is 0 Å². The first-order valence-electron chi connectivity index (χ1n) is 8.80. The van der Waals surface area contributed by atoms with E-state index in [0.717, 1.165) is 5.69 Å². The first-order valence-corrected chi connectivity index (χ1v) is 8.80. The summed E-state index contributed by atoms with van der Waals surface area (Å²) in [5, 5.41) is 17.5. The second-order valence-corrected chi connectivity index (χ2v) is 6.59. The van der Waals surface area contributed by atoms with E-state index >= 15 is 0 Å². The Morgan fingerprint density at radius 2 is 1.66 bits per heavy atom. The van der Waals surface area contributed by atoms with Gasteiger partial charge < -0.3 is 30.9 Å². The van der Waals surface area contributed by atoms with Gasteiger partial charge in [-0.25, -0.2) is 9.59 Å². The summed E-state index contributed by atoms with van der Waals surface area (Å²) in [5.41, 5.74) is 2.84. The van der Waals surface area contributed by atoms with E-state index in [2.05, 4.69) is 20.9 Å². The number of rotatable bonds is 6. The number of hydrogen-bond donors (Lipinski definition) is 5. The fourth-order valence-electron chi connectivity index (χ4n) is 2.71. The summed E-state index contributed by atoms with van der Waals surface area (Å²) in [6, 6.07) is 13.3. The van der Waals surface area contributed by atoms with Crippen LogP contribution in [-0.2, 0) is 4.79 Å². The number of aromatic amines is 1. The molecule has 0 aliphatic carbocycles. The van der Waals surface area contributed by atoms with Crippen molar-refractivity contribution >= 4 is 45.9 Å². The third-order valence-electron chi connectivity index (χ3n) is 4.19. The number of nitrogens with zero attached hydrogens (tertiary/aromatic N) is 1. The zero-order chi connectivity index (χ0) is 21.0. The van der Waals surface area contributed by atoms with Crippen molar-refractivity contribution in [2.45, 2.75) is 0 Å². The van der Waals surface area contributed by atoms with E-state index in [9.17, 15) is 14.4 Å². The van der Waals surface area contributed by atoms with Crippen molar-refractivity contribution in [3.63, 3.8) is 0 Å². The van der Waals surface area contributed by atoms with Crippen molar-refractivity contribution in [1.82, 2.24) is 10.3 Å². The van der Waals surface area contributed by atoms with Gasteiger partial charge in [-0.1, -0.05) is 0 Å². The van der Waals surface area contributed by atoms with Gasteiger partial charge >= 0.3 is 12.0 Å². The molecule has 1 heterocycles. The Labute approximate surface area is 166 Å². The van der Waals surface area contributed by atoms with Gasteiger partial charge in [0.15, 0.2) is 0 Å². The summed E-state index contributed by atoms with van der Waals surface area (Å²) in [4.78, 5) is 39.8. The fourth-order valence-corrected chi connectivity index (χ4v) is 2.71. The summed E-state index contributed by atoms with van der Waals surface area (Å²) >= 11 is 0. The third kappa shape index (κ3) is 5.04. The maximum atomic E-state index is 12.1. The summed E-state index contributed by atoms with van der Waals surface area (Å²) < 4.78 is 0. The van der Waals surface area contributed by atoms with Crippen LogP contribution in [0.3, 0.4) is 0 Å². The van der Waals surface area contributed by atoms with Crippen molar-refractivity contribution in [2.75, 3.05) is 36.2 Å². The number of H-pyrrole nitrogens is 1. The lowest BCUT2D eigenvalue weighted by Crippen LogP contribution is -2.35. The van der Waals surface area contributed by atoms with Crippen LogP contribution in [0.5, 0.6) is 0 Å². The van der Waals surface area contributed by atoms with Crippen molar-refractivity contribution in [2.24, 2.45) is 0 Å². The number of carbonyl (C=O) groups is 3. The highest BCUT2D eigenvalue weighted by molar-refractivity contribution is 5.99. The first-order chi connectivity index (χ1) is 13.8. The lowest BCUT2D eigenvalue weighted by atomic mass is 10.2. The van der Waals surface area contributed by atoms with Crippen LogP contribution in [0.4, 0.5) is 21.9 Å². The Morgan fingerprint density at radius 3 is 2.31 bits per heavy atom. The minimum absolute atomic E-state index is 0.0698. The zero-order valence-electron chi connectivity index (χ0n) is 15.9. The summed E-state index contributed by atoms with van der Waals surface area (Å²) in [6.45, 7) is -0.215. The molecule has 0 bridgehead atoms. The molecule has 3 aromatic rings. The van der Waals surface area contributed by atoms with E-state index in [1.165, 1.54) is 6.07 Å². The van der Waals surface area contributed by atoms with Gasteiger partial charge in [0.1, 0.15) is 5.69 Å². The van der Waals surface area contributed by atoms with Crippen molar-refractivity contribution in [3.8, 4) is 0 Å². The Balaban J connectivity index is 1.52. The molecule has 3 amide bonds. The number of carboxylic acids is 1. The molecule has 0 saturated heterocycles. The number of aromatic carboxylic acids is 1. The SMILES string of the molecule is CN(C)c1ccc(NC(=O)NCC(=O)Nc2ccc3[nH]c(C(=O)O)cc3c2)cc1. The number of anilines is 3. The molecule has 9 heteroatoms. The molecule has 5 N–H and O–H groups in total. The van der Waals surface area contributed by atoms with Gasteiger partial charge in [-0.05, 0) is 48.5 Å². The molecule has 0 aliphatic heterocycles. The number of aromatic nitrogens is 1. The van der Waals surface area contributed by atoms with Crippen LogP contribution in [0.25, 0.3) is 10.9 Å². The Bertz CT molecular complexity index is 1060. The van der Waals surface area contributed by atoms with Crippen LogP contribution in [0.15, 0.2) is 48.5 Å². The fraction of sp³-hybridized carbons (Fsp3) is 0.150. The van der Waals surface area contributed by atoms with Crippen molar-refractivity contribution in [3.05, 3.63) is 54.2 Å². The smallest absolute Gasteiger partial charge is 0.352 e. The molecule has 0 unspecified atom stereocenters. The van der Waals surface area contributed by atoms with Gasteiger partial charge in [0, 0.05) is 42.1 Å². The number of benzene rings is 2. The number of urea groups is 1. The molecule has 0 fully saturated rings. The topological polar surface area (TPSA) is 127 Å². The van der Waals surface area contributed by atoms with Crippen molar-refractivity contribution < 1.29 is 19.5 Å². The molecular formula is C20H21N5O4. The Morgan fingerprint density at radius 1 is 0.966 bits per heavy atom. The van der Waals surface area contributed by atoms with Crippen LogP contribution in [-0.4, -0.2) is 48.6 Å². The normalized spacial score (nSPS) is 10.4. The second-order valence-electron chi connectivity index (χ2n) is 6.59. The molecule has 9 nitrogen and oxygen atoms in total. The van der Waals surface area contributed by atoms with Gasteiger partial charge in [0.25, 0.3) is 0 Å². The first kappa shape index (κ1) is 19.7. The minimum Gasteiger partial charge on any atom is -0.477 e. The summed E-state index contributed by atoms with van der Waals surface area (Å²) in [5.74, 6) is -1.46. The van der Waals surface area contributed by atoms with E-state index in [0.29, 0.717) is 22.3 Å². The van der Waals surface area contributed by atoms with Crippen LogP contribution in [0.2, 0.25) is 0 Å². The molecule has 0 saturated carbocycles. The van der Waals surface area contributed by atoms with Crippen LogP contribution < -0.4 is 20.9 Å². The lowest BCUT2D eigenvalue weighted by molar-refractivity contribution is -0.115.